The molecule has 0 atom stereocenters. The van der Waals surface area contributed by atoms with Crippen LogP contribution in [0.1, 0.15) is 13.8 Å². The molecule has 0 aliphatic heterocycles. The van der Waals surface area contributed by atoms with Crippen LogP contribution < -0.4 is 61.8 Å². The molecule has 1 N–H and O–H groups in total. The number of carbonyl (C=O) groups excluding carboxylic acids is 2. The molecule has 4 nitrogen and oxygen atoms in total. The minimum absolute atomic E-state index is 0. The maximum Gasteiger partial charge on any atom is 1.00 e. The average Bonchev–Trinajstić information content (AvgIpc) is 2.00. The molecule has 0 aromatic rings. The van der Waals surface area contributed by atoms with Gasteiger partial charge in [0.2, 0.25) is 5.91 Å². The molecule has 0 saturated heterocycles. The van der Waals surface area contributed by atoms with Crippen LogP contribution >= 0.6 is 11.8 Å². The van der Waals surface area contributed by atoms with Crippen molar-refractivity contribution in [2.75, 3.05) is 18.1 Å². The van der Waals surface area contributed by atoms with Crippen LogP contribution in [0, 0.1) is 5.92 Å². The van der Waals surface area contributed by atoms with E-state index in [1.54, 1.807) is 0 Å². The molecule has 0 unspecified atom stereocenters. The third-order valence-corrected chi connectivity index (χ3v) is 2.07. The van der Waals surface area contributed by atoms with Crippen LogP contribution in [-0.4, -0.2) is 29.9 Å². The summed E-state index contributed by atoms with van der Waals surface area (Å²) < 4.78 is 0. The summed E-state index contributed by atoms with van der Waals surface area (Å²) >= 11 is 1.05. The van der Waals surface area contributed by atoms with E-state index >= 15 is 0 Å². The van der Waals surface area contributed by atoms with Crippen molar-refractivity contribution in [2.45, 2.75) is 13.8 Å². The summed E-state index contributed by atoms with van der Waals surface area (Å²) in [6, 6.07) is 0. The zero-order valence-corrected chi connectivity index (χ0v) is 12.8. The monoisotopic (exact) mass is 243 g/mol. The van der Waals surface area contributed by atoms with E-state index in [9.17, 15) is 14.7 Å². The van der Waals surface area contributed by atoms with E-state index in [0.29, 0.717) is 12.5 Å². The Kier molecular flexibility index (Phi) is 12.9. The van der Waals surface area contributed by atoms with Crippen molar-refractivity contribution in [3.8, 4) is 0 Å². The third-order valence-electron chi connectivity index (χ3n) is 1.16. The van der Waals surface area contributed by atoms with Gasteiger partial charge in [-0.2, -0.15) is 0 Å². The van der Waals surface area contributed by atoms with Gasteiger partial charge >= 0.3 is 51.4 Å². The van der Waals surface area contributed by atoms with E-state index in [2.05, 4.69) is 5.32 Å². The van der Waals surface area contributed by atoms with Crippen LogP contribution in [0.25, 0.3) is 0 Å². The summed E-state index contributed by atoms with van der Waals surface area (Å²) in [6.45, 7) is 4.62. The van der Waals surface area contributed by atoms with Crippen molar-refractivity contribution >= 4 is 23.6 Å². The molecule has 0 bridgehead atoms. The molecule has 1 amide bonds. The molecule has 76 valence electrons. The summed E-state index contributed by atoms with van der Waals surface area (Å²) in [4.78, 5) is 21.0. The first kappa shape index (κ1) is 17.3. The van der Waals surface area contributed by atoms with Gasteiger partial charge in [0.1, 0.15) is 0 Å². The second-order valence-corrected chi connectivity index (χ2v) is 4.05. The van der Waals surface area contributed by atoms with Gasteiger partial charge in [-0.3, -0.25) is 4.79 Å². The zero-order chi connectivity index (χ0) is 10.3. The predicted molar refractivity (Wildman–Crippen MR) is 50.2 cm³/mol. The van der Waals surface area contributed by atoms with Gasteiger partial charge in [-0.25, -0.2) is 0 Å². The molecule has 0 radical (unpaired) electrons. The zero-order valence-electron chi connectivity index (χ0n) is 8.83. The molecule has 0 heterocycles. The van der Waals surface area contributed by atoms with Crippen molar-refractivity contribution in [3.63, 3.8) is 0 Å². The SMILES string of the molecule is CC(C)CNC(=O)CSCC(=O)[O-].[K+]. The molecule has 0 aromatic carbocycles. The topological polar surface area (TPSA) is 69.2 Å². The summed E-state index contributed by atoms with van der Waals surface area (Å²) in [5, 5.41) is 12.7. The first-order chi connectivity index (χ1) is 6.02. The molecule has 6 heteroatoms. The van der Waals surface area contributed by atoms with Gasteiger partial charge in [0, 0.05) is 12.3 Å². The number of carboxylic acid groups (broad SMARTS) is 1. The molecule has 0 aromatic heterocycles. The van der Waals surface area contributed by atoms with Gasteiger partial charge in [0.05, 0.1) is 11.7 Å². The van der Waals surface area contributed by atoms with Gasteiger partial charge in [0.25, 0.3) is 0 Å². The average molecular weight is 243 g/mol. The Bertz CT molecular complexity index is 187. The maximum atomic E-state index is 11.0. The van der Waals surface area contributed by atoms with Crippen molar-refractivity contribution in [2.24, 2.45) is 5.92 Å². The molecule has 0 aliphatic carbocycles. The van der Waals surface area contributed by atoms with Crippen LogP contribution in [0.2, 0.25) is 0 Å². The maximum absolute atomic E-state index is 11.0. The van der Waals surface area contributed by atoms with E-state index in [4.69, 9.17) is 0 Å². The number of carboxylic acids is 1. The smallest absolute Gasteiger partial charge is 0.549 e. The summed E-state index contributed by atoms with van der Waals surface area (Å²) in [6.07, 6.45) is 0. The number of thioether (sulfide) groups is 1. The minimum atomic E-state index is -1.14. The molecule has 14 heavy (non-hydrogen) atoms. The van der Waals surface area contributed by atoms with Crippen LogP contribution in [0.15, 0.2) is 0 Å². The van der Waals surface area contributed by atoms with E-state index < -0.39 is 5.97 Å². The largest absolute Gasteiger partial charge is 1.00 e. The fourth-order valence-electron chi connectivity index (χ4n) is 0.596. The Labute approximate surface area is 131 Å². The van der Waals surface area contributed by atoms with Gasteiger partial charge in [-0.15, -0.1) is 11.8 Å². The van der Waals surface area contributed by atoms with E-state index in [1.165, 1.54) is 0 Å². The molecule has 0 spiro atoms. The van der Waals surface area contributed by atoms with Crippen LogP contribution in [0.5, 0.6) is 0 Å². The van der Waals surface area contributed by atoms with Crippen molar-refractivity contribution in [3.05, 3.63) is 0 Å². The van der Waals surface area contributed by atoms with E-state index in [0.717, 1.165) is 11.8 Å². The Morgan fingerprint density at radius 1 is 1.36 bits per heavy atom. The first-order valence-corrected chi connectivity index (χ1v) is 5.22. The van der Waals surface area contributed by atoms with E-state index in [-0.39, 0.29) is 68.8 Å². The van der Waals surface area contributed by atoms with Gasteiger partial charge in [-0.1, -0.05) is 13.8 Å². The molecule has 0 aliphatic rings. The molecule has 0 rings (SSSR count). The number of carbonyl (C=O) groups is 2. The number of amides is 1. The fraction of sp³-hybridized carbons (Fsp3) is 0.750. The van der Waals surface area contributed by atoms with Crippen molar-refractivity contribution in [1.82, 2.24) is 5.32 Å². The van der Waals surface area contributed by atoms with Gasteiger partial charge in [0.15, 0.2) is 0 Å². The Balaban J connectivity index is 0. The third kappa shape index (κ3) is 12.9. The van der Waals surface area contributed by atoms with Crippen LogP contribution in [0.3, 0.4) is 0 Å². The summed E-state index contributed by atoms with van der Waals surface area (Å²) in [5.41, 5.74) is 0. The summed E-state index contributed by atoms with van der Waals surface area (Å²) in [5.74, 6) is -0.799. The molecular weight excluding hydrogens is 229 g/mol. The number of aliphatic carboxylic acids is 1. The number of hydrogen-bond donors (Lipinski definition) is 1. The van der Waals surface area contributed by atoms with Gasteiger partial charge in [-0.05, 0) is 5.92 Å². The molecule has 0 fully saturated rings. The van der Waals surface area contributed by atoms with Crippen LogP contribution in [0.4, 0.5) is 0 Å². The standard InChI is InChI=1S/C8H15NO3S.K/c1-6(2)3-9-7(10)4-13-5-8(11)12;/h6H,3-5H2,1-2H3,(H,9,10)(H,11,12);/q;+1/p-1. The molecular formula is C8H14KNO3S. The minimum Gasteiger partial charge on any atom is -0.549 e. The number of hydrogen-bond acceptors (Lipinski definition) is 4. The second kappa shape index (κ2) is 10.4. The fourth-order valence-corrected chi connectivity index (χ4v) is 1.15. The van der Waals surface area contributed by atoms with E-state index in [1.807, 2.05) is 13.8 Å². The van der Waals surface area contributed by atoms with Crippen LogP contribution in [-0.2, 0) is 9.59 Å². The van der Waals surface area contributed by atoms with Gasteiger partial charge < -0.3 is 15.2 Å². The van der Waals surface area contributed by atoms with Crippen molar-refractivity contribution < 1.29 is 66.1 Å². The molecule has 0 saturated carbocycles. The normalized spacial score (nSPS) is 9.36. The quantitative estimate of drug-likeness (QED) is 0.487. The summed E-state index contributed by atoms with van der Waals surface area (Å²) in [7, 11) is 0. The Morgan fingerprint density at radius 3 is 2.36 bits per heavy atom. The van der Waals surface area contributed by atoms with Crippen molar-refractivity contribution in [1.29, 1.82) is 0 Å². The Morgan fingerprint density at radius 2 is 1.93 bits per heavy atom. The number of rotatable bonds is 6. The Hall–Kier alpha value is 0.926. The predicted octanol–water partition coefficient (Wildman–Crippen LogP) is -3.75. The first-order valence-electron chi connectivity index (χ1n) is 4.06. The second-order valence-electron chi connectivity index (χ2n) is 3.06. The number of nitrogens with one attached hydrogen (secondary N) is 1.